The first kappa shape index (κ1) is 15.9. The average Bonchev–Trinajstić information content (AvgIpc) is 2.35. The van der Waals surface area contributed by atoms with Crippen molar-refractivity contribution in [3.05, 3.63) is 17.8 Å². The molecular formula is C13H21N5O2. The topological polar surface area (TPSA) is 96.0 Å². The number of anilines is 1. The third kappa shape index (κ3) is 5.64. The predicted molar refractivity (Wildman–Crippen MR) is 76.4 cm³/mol. The van der Waals surface area contributed by atoms with Gasteiger partial charge in [0.1, 0.15) is 5.82 Å². The van der Waals surface area contributed by atoms with Gasteiger partial charge in [0.15, 0.2) is 5.69 Å². The van der Waals surface area contributed by atoms with E-state index in [1.165, 1.54) is 0 Å². The fraction of sp³-hybridized carbons (Fsp3) is 0.538. The first-order valence-corrected chi connectivity index (χ1v) is 6.48. The molecule has 0 atom stereocenters. The third-order valence-corrected chi connectivity index (χ3v) is 2.18. The van der Waals surface area contributed by atoms with E-state index in [0.29, 0.717) is 12.4 Å². The van der Waals surface area contributed by atoms with Crippen LogP contribution in [0.3, 0.4) is 0 Å². The summed E-state index contributed by atoms with van der Waals surface area (Å²) in [6, 6.07) is 3.17. The minimum Gasteiger partial charge on any atom is -0.360 e. The molecule has 0 saturated heterocycles. The number of hydrogen-bond acceptors (Lipinski definition) is 5. The van der Waals surface area contributed by atoms with Crippen LogP contribution in [0.1, 0.15) is 38.2 Å². The van der Waals surface area contributed by atoms with E-state index >= 15 is 0 Å². The number of rotatable bonds is 5. The van der Waals surface area contributed by atoms with Crippen LogP contribution in [-0.4, -0.2) is 40.6 Å². The van der Waals surface area contributed by atoms with Crippen molar-refractivity contribution in [2.75, 3.05) is 18.4 Å². The highest BCUT2D eigenvalue weighted by Gasteiger charge is 2.13. The van der Waals surface area contributed by atoms with E-state index < -0.39 is 0 Å². The number of hydrogen-bond donors (Lipinski definition) is 3. The van der Waals surface area contributed by atoms with E-state index in [4.69, 9.17) is 0 Å². The number of aromatic nitrogens is 2. The maximum atomic E-state index is 11.6. The van der Waals surface area contributed by atoms with Gasteiger partial charge < -0.3 is 16.0 Å². The van der Waals surface area contributed by atoms with Gasteiger partial charge in [-0.15, -0.1) is 10.2 Å². The summed E-state index contributed by atoms with van der Waals surface area (Å²) in [4.78, 5) is 23.1. The molecule has 0 aromatic carbocycles. The molecule has 3 N–H and O–H groups in total. The van der Waals surface area contributed by atoms with Gasteiger partial charge in [-0.1, -0.05) is 0 Å². The fourth-order valence-electron chi connectivity index (χ4n) is 1.43. The summed E-state index contributed by atoms with van der Waals surface area (Å²) in [6.07, 6.45) is 0. The monoisotopic (exact) mass is 279 g/mol. The van der Waals surface area contributed by atoms with Crippen LogP contribution in [-0.2, 0) is 4.79 Å². The first-order valence-electron chi connectivity index (χ1n) is 6.48. The van der Waals surface area contributed by atoms with Crippen LogP contribution in [0.15, 0.2) is 12.1 Å². The van der Waals surface area contributed by atoms with E-state index in [0.717, 1.165) is 0 Å². The van der Waals surface area contributed by atoms with Crippen molar-refractivity contribution in [2.45, 2.75) is 33.2 Å². The summed E-state index contributed by atoms with van der Waals surface area (Å²) < 4.78 is 0. The Labute approximate surface area is 118 Å². The van der Waals surface area contributed by atoms with E-state index in [1.54, 1.807) is 12.1 Å². The van der Waals surface area contributed by atoms with Gasteiger partial charge in [-0.2, -0.15) is 0 Å². The molecule has 1 rings (SSSR count). The smallest absolute Gasteiger partial charge is 0.271 e. The lowest BCUT2D eigenvalue weighted by atomic mass is 10.1. The fourth-order valence-corrected chi connectivity index (χ4v) is 1.43. The van der Waals surface area contributed by atoms with Crippen molar-refractivity contribution < 1.29 is 9.59 Å². The Morgan fingerprint density at radius 1 is 1.20 bits per heavy atom. The molecule has 7 nitrogen and oxygen atoms in total. The lowest BCUT2D eigenvalue weighted by Gasteiger charge is -2.20. The van der Waals surface area contributed by atoms with Crippen LogP contribution in [0.5, 0.6) is 0 Å². The van der Waals surface area contributed by atoms with Crippen molar-refractivity contribution in [3.63, 3.8) is 0 Å². The van der Waals surface area contributed by atoms with Gasteiger partial charge in [-0.05, 0) is 39.8 Å². The Kier molecular flexibility index (Phi) is 5.42. The highest BCUT2D eigenvalue weighted by Crippen LogP contribution is 2.02. The Balaban J connectivity index is 2.50. The maximum absolute atomic E-state index is 11.6. The van der Waals surface area contributed by atoms with Crippen molar-refractivity contribution in [1.82, 2.24) is 20.8 Å². The van der Waals surface area contributed by atoms with Gasteiger partial charge in [0.05, 0.1) is 6.54 Å². The summed E-state index contributed by atoms with van der Waals surface area (Å²) >= 11 is 0. The number of nitrogens with one attached hydrogen (secondary N) is 3. The lowest BCUT2D eigenvalue weighted by Crippen LogP contribution is -2.43. The molecule has 2 amide bonds. The largest absolute Gasteiger partial charge is 0.360 e. The van der Waals surface area contributed by atoms with Gasteiger partial charge >= 0.3 is 0 Å². The second-order valence-corrected chi connectivity index (χ2v) is 5.31. The minimum atomic E-state index is -0.271. The van der Waals surface area contributed by atoms with Crippen LogP contribution in [0.4, 0.5) is 5.82 Å². The number of amides is 2. The second kappa shape index (κ2) is 6.83. The molecular weight excluding hydrogens is 258 g/mol. The molecule has 0 fully saturated rings. The molecule has 0 bridgehead atoms. The van der Waals surface area contributed by atoms with Crippen LogP contribution >= 0.6 is 0 Å². The zero-order valence-corrected chi connectivity index (χ0v) is 12.3. The quantitative estimate of drug-likeness (QED) is 0.731. The summed E-state index contributed by atoms with van der Waals surface area (Å²) in [7, 11) is 0. The zero-order valence-electron chi connectivity index (χ0n) is 12.3. The van der Waals surface area contributed by atoms with Crippen LogP contribution in [0, 0.1) is 0 Å². The van der Waals surface area contributed by atoms with Gasteiger partial charge in [0.2, 0.25) is 5.91 Å². The lowest BCUT2D eigenvalue weighted by molar-refractivity contribution is -0.120. The molecule has 110 valence electrons. The molecule has 0 radical (unpaired) electrons. The third-order valence-electron chi connectivity index (χ3n) is 2.18. The molecule has 1 aromatic rings. The number of carbonyl (C=O) groups is 2. The van der Waals surface area contributed by atoms with Crippen molar-refractivity contribution in [2.24, 2.45) is 0 Å². The molecule has 0 saturated carbocycles. The normalized spacial score (nSPS) is 10.8. The predicted octanol–water partition coefficient (Wildman–Crippen LogP) is 0.553. The van der Waals surface area contributed by atoms with E-state index in [9.17, 15) is 9.59 Å². The minimum absolute atomic E-state index is 0.104. The highest BCUT2D eigenvalue weighted by atomic mass is 16.2. The average molecular weight is 279 g/mol. The van der Waals surface area contributed by atoms with Crippen molar-refractivity contribution in [3.8, 4) is 0 Å². The zero-order chi connectivity index (χ0) is 15.2. The molecule has 1 heterocycles. The number of carbonyl (C=O) groups excluding carboxylic acids is 2. The molecule has 1 aromatic heterocycles. The van der Waals surface area contributed by atoms with Crippen LogP contribution in [0.2, 0.25) is 0 Å². The van der Waals surface area contributed by atoms with Crippen LogP contribution in [0.25, 0.3) is 0 Å². The Hall–Kier alpha value is -2.18. The van der Waals surface area contributed by atoms with Crippen LogP contribution < -0.4 is 16.0 Å². The van der Waals surface area contributed by atoms with E-state index in [2.05, 4.69) is 26.1 Å². The highest BCUT2D eigenvalue weighted by molar-refractivity contribution is 5.92. The van der Waals surface area contributed by atoms with Gasteiger partial charge in [0.25, 0.3) is 5.91 Å². The summed E-state index contributed by atoms with van der Waals surface area (Å²) in [5.74, 6) is 0.0474. The number of nitrogens with zero attached hydrogens (tertiary/aromatic N) is 2. The summed E-state index contributed by atoms with van der Waals surface area (Å²) in [5, 5.41) is 15.9. The molecule has 0 unspecified atom stereocenters. The Morgan fingerprint density at radius 2 is 1.90 bits per heavy atom. The molecule has 7 heteroatoms. The van der Waals surface area contributed by atoms with Gasteiger partial charge in [-0.25, -0.2) is 0 Å². The van der Waals surface area contributed by atoms with Gasteiger partial charge in [0, 0.05) is 12.1 Å². The molecule has 20 heavy (non-hydrogen) atoms. The first-order chi connectivity index (χ1) is 9.31. The molecule has 0 aliphatic carbocycles. The summed E-state index contributed by atoms with van der Waals surface area (Å²) in [6.45, 7) is 8.19. The van der Waals surface area contributed by atoms with Crippen molar-refractivity contribution >= 4 is 17.6 Å². The maximum Gasteiger partial charge on any atom is 0.271 e. The van der Waals surface area contributed by atoms with Gasteiger partial charge in [-0.3, -0.25) is 9.59 Å². The Morgan fingerprint density at radius 3 is 2.40 bits per heavy atom. The summed E-state index contributed by atoms with van der Waals surface area (Å²) in [5.41, 5.74) is -0.0245. The van der Waals surface area contributed by atoms with Crippen molar-refractivity contribution in [1.29, 1.82) is 0 Å². The molecule has 0 spiro atoms. The standard InChI is InChI=1S/C13H21N5O2/c1-5-14-12(20)9-6-7-10(18-17-9)15-8-11(19)16-13(2,3)4/h6-7H,5,8H2,1-4H3,(H,14,20)(H,15,18)(H,16,19). The molecule has 0 aliphatic rings. The van der Waals surface area contributed by atoms with E-state index in [1.807, 2.05) is 27.7 Å². The molecule has 0 aliphatic heterocycles. The Bertz CT molecular complexity index is 465. The van der Waals surface area contributed by atoms with E-state index in [-0.39, 0.29) is 29.6 Å². The SMILES string of the molecule is CCNC(=O)c1ccc(NCC(=O)NC(C)(C)C)nn1. The second-order valence-electron chi connectivity index (χ2n) is 5.31.